The van der Waals surface area contributed by atoms with Crippen molar-refractivity contribution < 1.29 is 19.4 Å². The van der Waals surface area contributed by atoms with Crippen LogP contribution >= 0.6 is 27.3 Å². The van der Waals surface area contributed by atoms with Crippen LogP contribution in [0.3, 0.4) is 0 Å². The maximum absolute atomic E-state index is 12.8. The molecule has 3 rings (SSSR count). The van der Waals surface area contributed by atoms with Gasteiger partial charge in [-0.1, -0.05) is 28.1 Å². The molecule has 2 aromatic rings. The molecule has 1 amide bonds. The average molecular weight is 450 g/mol. The van der Waals surface area contributed by atoms with Gasteiger partial charge in [-0.15, -0.1) is 11.3 Å². The normalized spacial score (nSPS) is 19.1. The number of rotatable bonds is 6. The molecule has 2 heterocycles. The number of ether oxygens (including phenoxy) is 1. The van der Waals surface area contributed by atoms with Gasteiger partial charge in [0.25, 0.3) is 11.7 Å². The third-order valence-corrected chi connectivity index (χ3v) is 6.35. The van der Waals surface area contributed by atoms with Gasteiger partial charge in [0.2, 0.25) is 0 Å². The molecule has 0 spiro atoms. The number of nitrogens with zero attached hydrogens (tertiary/aromatic N) is 1. The van der Waals surface area contributed by atoms with Gasteiger partial charge in [-0.05, 0) is 42.5 Å². The van der Waals surface area contributed by atoms with Crippen molar-refractivity contribution in [3.63, 3.8) is 0 Å². The Labute approximate surface area is 170 Å². The summed E-state index contributed by atoms with van der Waals surface area (Å²) in [6, 6.07) is 8.52. The number of amides is 1. The number of aliphatic hydroxyl groups is 1. The fourth-order valence-electron chi connectivity index (χ4n) is 3.18. The summed E-state index contributed by atoms with van der Waals surface area (Å²) in [6.45, 7) is 2.78. The van der Waals surface area contributed by atoms with E-state index in [0.717, 1.165) is 14.9 Å². The summed E-state index contributed by atoms with van der Waals surface area (Å²) in [4.78, 5) is 27.8. The highest BCUT2D eigenvalue weighted by Crippen LogP contribution is 2.41. The minimum Gasteiger partial charge on any atom is -0.507 e. The van der Waals surface area contributed by atoms with Gasteiger partial charge < -0.3 is 14.7 Å². The van der Waals surface area contributed by atoms with E-state index in [0.29, 0.717) is 25.1 Å². The molecule has 5 nitrogen and oxygen atoms in total. The largest absolute Gasteiger partial charge is 0.507 e. The molecule has 1 N–H and O–H groups in total. The van der Waals surface area contributed by atoms with Crippen LogP contribution in [0.5, 0.6) is 0 Å². The lowest BCUT2D eigenvalue weighted by atomic mass is 9.99. The molecule has 1 atom stereocenters. The molecule has 0 aliphatic carbocycles. The highest BCUT2D eigenvalue weighted by atomic mass is 79.9. The smallest absolute Gasteiger partial charge is 0.295 e. The van der Waals surface area contributed by atoms with Crippen LogP contribution in [-0.4, -0.2) is 42.0 Å². The third kappa shape index (κ3) is 3.85. The predicted octanol–water partition coefficient (Wildman–Crippen LogP) is 4.28. The first-order chi connectivity index (χ1) is 13.0. The molecule has 1 aromatic carbocycles. The van der Waals surface area contributed by atoms with Gasteiger partial charge >= 0.3 is 0 Å². The molecule has 142 valence electrons. The van der Waals surface area contributed by atoms with Crippen LogP contribution in [0.4, 0.5) is 0 Å². The summed E-state index contributed by atoms with van der Waals surface area (Å²) in [5, 5.41) is 12.8. The first-order valence-corrected chi connectivity index (χ1v) is 10.2. The molecule has 27 heavy (non-hydrogen) atoms. The summed E-state index contributed by atoms with van der Waals surface area (Å²) in [5.41, 5.74) is 1.59. The first kappa shape index (κ1) is 19.8. The van der Waals surface area contributed by atoms with E-state index in [4.69, 9.17) is 4.74 Å². The number of hydrogen-bond acceptors (Lipinski definition) is 5. The highest BCUT2D eigenvalue weighted by molar-refractivity contribution is 9.10. The Kier molecular flexibility index (Phi) is 6.14. The summed E-state index contributed by atoms with van der Waals surface area (Å²) < 4.78 is 5.98. The van der Waals surface area contributed by atoms with Crippen LogP contribution in [0.15, 0.2) is 45.8 Å². The maximum Gasteiger partial charge on any atom is 0.295 e. The minimum atomic E-state index is -0.649. The number of methoxy groups -OCH3 is 1. The number of hydrogen-bond donors (Lipinski definition) is 1. The Bertz CT molecular complexity index is 891. The average Bonchev–Trinajstić information content (AvgIpc) is 3.26. The molecule has 1 aliphatic rings. The summed E-state index contributed by atoms with van der Waals surface area (Å²) in [7, 11) is 1.60. The van der Waals surface area contributed by atoms with Crippen LogP contribution in [0.1, 0.15) is 28.5 Å². The predicted molar refractivity (Wildman–Crippen MR) is 109 cm³/mol. The second-order valence-corrected chi connectivity index (χ2v) is 8.15. The number of likely N-dealkylation sites (tertiary alicyclic amines) is 1. The van der Waals surface area contributed by atoms with Gasteiger partial charge in [0.15, 0.2) is 0 Å². The van der Waals surface area contributed by atoms with Crippen molar-refractivity contribution in [1.29, 1.82) is 0 Å². The number of halogens is 1. The molecule has 1 unspecified atom stereocenters. The summed E-state index contributed by atoms with van der Waals surface area (Å²) in [6.07, 6.45) is 0.614. The van der Waals surface area contributed by atoms with E-state index < -0.39 is 17.7 Å². The molecule has 7 heteroatoms. The summed E-state index contributed by atoms with van der Waals surface area (Å²) in [5.74, 6) is -1.37. The second-order valence-electron chi connectivity index (χ2n) is 6.32. The molecule has 0 radical (unpaired) electrons. The third-order valence-electron chi connectivity index (χ3n) is 4.53. The zero-order valence-electron chi connectivity index (χ0n) is 15.1. The SMILES string of the molecule is COCCCN1C(=O)C(=O)/C(=C(\O)c2ccc(Br)c(C)c2)C1c1cccs1. The second kappa shape index (κ2) is 8.37. The lowest BCUT2D eigenvalue weighted by Gasteiger charge is -2.24. The molecular weight excluding hydrogens is 430 g/mol. The van der Waals surface area contributed by atoms with Gasteiger partial charge in [0.1, 0.15) is 5.76 Å². The van der Waals surface area contributed by atoms with Crippen molar-refractivity contribution in [2.24, 2.45) is 0 Å². The highest BCUT2D eigenvalue weighted by Gasteiger charge is 2.46. The number of thiophene rings is 1. The Balaban J connectivity index is 2.09. The molecule has 1 saturated heterocycles. The fraction of sp³-hybridized carbons (Fsp3) is 0.300. The van der Waals surface area contributed by atoms with E-state index in [1.807, 2.05) is 30.5 Å². The van der Waals surface area contributed by atoms with E-state index >= 15 is 0 Å². The van der Waals surface area contributed by atoms with Crippen molar-refractivity contribution in [3.8, 4) is 0 Å². The van der Waals surface area contributed by atoms with E-state index in [2.05, 4.69) is 15.9 Å². The summed E-state index contributed by atoms with van der Waals surface area (Å²) >= 11 is 4.89. The molecular formula is C20H20BrNO4S. The lowest BCUT2D eigenvalue weighted by molar-refractivity contribution is -0.140. The van der Waals surface area contributed by atoms with Crippen LogP contribution in [0.2, 0.25) is 0 Å². The Morgan fingerprint density at radius 3 is 2.74 bits per heavy atom. The lowest BCUT2D eigenvalue weighted by Crippen LogP contribution is -2.31. The maximum atomic E-state index is 12.8. The van der Waals surface area contributed by atoms with Gasteiger partial charge in [0, 0.05) is 35.2 Å². The molecule has 0 bridgehead atoms. The monoisotopic (exact) mass is 449 g/mol. The first-order valence-electron chi connectivity index (χ1n) is 8.53. The Hall–Kier alpha value is -1.96. The van der Waals surface area contributed by atoms with E-state index in [1.165, 1.54) is 16.2 Å². The molecule has 1 fully saturated rings. The molecule has 1 aliphatic heterocycles. The number of carbonyl (C=O) groups excluding carboxylic acids is 2. The van der Waals surface area contributed by atoms with Gasteiger partial charge in [-0.25, -0.2) is 0 Å². The van der Waals surface area contributed by atoms with Crippen molar-refractivity contribution in [2.45, 2.75) is 19.4 Å². The van der Waals surface area contributed by atoms with Crippen molar-refractivity contribution in [3.05, 3.63) is 61.8 Å². The van der Waals surface area contributed by atoms with Crippen molar-refractivity contribution in [2.75, 3.05) is 20.3 Å². The number of carbonyl (C=O) groups is 2. The van der Waals surface area contributed by atoms with Crippen molar-refractivity contribution in [1.82, 2.24) is 4.90 Å². The Morgan fingerprint density at radius 2 is 2.11 bits per heavy atom. The number of benzene rings is 1. The van der Waals surface area contributed by atoms with E-state index in [1.54, 1.807) is 19.2 Å². The molecule has 1 aromatic heterocycles. The zero-order chi connectivity index (χ0) is 19.6. The molecule has 0 saturated carbocycles. The van der Waals surface area contributed by atoms with Crippen LogP contribution in [0.25, 0.3) is 5.76 Å². The zero-order valence-corrected chi connectivity index (χ0v) is 17.5. The van der Waals surface area contributed by atoms with Gasteiger partial charge in [-0.2, -0.15) is 0 Å². The standard InChI is InChI=1S/C20H20BrNO4S/c1-12-11-13(6-7-14(12)21)18(23)16-17(15-5-3-10-27-15)22(8-4-9-26-2)20(25)19(16)24/h3,5-7,10-11,17,23H,4,8-9H2,1-2H3/b18-16-. The fourth-order valence-corrected chi connectivity index (χ4v) is 4.27. The topological polar surface area (TPSA) is 66.8 Å². The van der Waals surface area contributed by atoms with E-state index in [-0.39, 0.29) is 11.3 Å². The number of aliphatic hydroxyl groups excluding tert-OH is 1. The van der Waals surface area contributed by atoms with Gasteiger partial charge in [0.05, 0.1) is 11.6 Å². The number of ketones is 1. The van der Waals surface area contributed by atoms with Crippen LogP contribution < -0.4 is 0 Å². The van der Waals surface area contributed by atoms with E-state index in [9.17, 15) is 14.7 Å². The number of aryl methyl sites for hydroxylation is 1. The van der Waals surface area contributed by atoms with Crippen LogP contribution in [0, 0.1) is 6.92 Å². The quantitative estimate of drug-likeness (QED) is 0.309. The number of Topliss-reactive ketones (excluding diaryl/α,β-unsaturated/α-hetero) is 1. The van der Waals surface area contributed by atoms with Gasteiger partial charge in [-0.3, -0.25) is 9.59 Å². The van der Waals surface area contributed by atoms with Crippen molar-refractivity contribution >= 4 is 44.7 Å². The minimum absolute atomic E-state index is 0.140. The Morgan fingerprint density at radius 1 is 1.33 bits per heavy atom. The van der Waals surface area contributed by atoms with Crippen LogP contribution in [-0.2, 0) is 14.3 Å².